The zero-order chi connectivity index (χ0) is 38.9. The number of carbonyl (C=O) groups excluding carboxylic acids is 2. The lowest BCUT2D eigenvalue weighted by molar-refractivity contribution is -0.111. The van der Waals surface area contributed by atoms with Crippen LogP contribution in [-0.2, 0) is 9.59 Å². The molecule has 6 heteroatoms. The van der Waals surface area contributed by atoms with E-state index in [4.69, 9.17) is 0 Å². The van der Waals surface area contributed by atoms with E-state index >= 15 is 0 Å². The van der Waals surface area contributed by atoms with Crippen molar-refractivity contribution in [2.45, 2.75) is 263 Å². The van der Waals surface area contributed by atoms with Gasteiger partial charge in [-0.1, -0.05) is 205 Å². The highest BCUT2D eigenvalue weighted by atomic mass is 32.2. The largest absolute Gasteiger partial charge is 0.396 e. The summed E-state index contributed by atoms with van der Waals surface area (Å²) in [4.78, 5) is 28.3. The zero-order valence-corrected chi connectivity index (χ0v) is 37.9. The van der Waals surface area contributed by atoms with Crippen LogP contribution >= 0.6 is 23.5 Å². The van der Waals surface area contributed by atoms with Gasteiger partial charge in [0.15, 0.2) is 10.2 Å². The Balaban J connectivity index is 4.30. The van der Waals surface area contributed by atoms with Crippen molar-refractivity contribution in [2.24, 2.45) is 0 Å². The van der Waals surface area contributed by atoms with Crippen molar-refractivity contribution in [3.8, 4) is 0 Å². The van der Waals surface area contributed by atoms with Gasteiger partial charge in [-0.05, 0) is 70.9 Å². The summed E-state index contributed by atoms with van der Waals surface area (Å²) >= 11 is 3.37. The molecule has 0 radical (unpaired) electrons. The number of carbonyl (C=O) groups is 2. The molecule has 0 bridgehead atoms. The molecular weight excluding hydrogens is 691 g/mol. The van der Waals surface area contributed by atoms with Gasteiger partial charge in [-0.2, -0.15) is 0 Å². The standard InChI is InChI=1S/C47H93NO3S2/c1-5-9-13-17-19-27-36-44(34-25-15-11-7-3)52-46(50)38-29-21-23-31-40-48(42-33-43-49)41-32-24-22-30-39-47(51)53-45(35-26-16-12-8-4)37-28-20-18-14-10-6-2/h44-45,49H,5-43H2,1-4H3. The second kappa shape index (κ2) is 43.1. The first-order chi connectivity index (χ1) is 26.0. The predicted octanol–water partition coefficient (Wildman–Crippen LogP) is 15.3. The molecule has 0 saturated carbocycles. The van der Waals surface area contributed by atoms with Gasteiger partial charge in [0.2, 0.25) is 0 Å². The van der Waals surface area contributed by atoms with E-state index in [9.17, 15) is 14.7 Å². The predicted molar refractivity (Wildman–Crippen MR) is 241 cm³/mol. The average molecular weight is 784 g/mol. The molecule has 0 rings (SSSR count). The van der Waals surface area contributed by atoms with Gasteiger partial charge in [-0.15, -0.1) is 0 Å². The molecule has 0 aromatic heterocycles. The van der Waals surface area contributed by atoms with E-state index in [1.807, 2.05) is 0 Å². The fourth-order valence-electron chi connectivity index (χ4n) is 7.46. The molecule has 0 spiro atoms. The van der Waals surface area contributed by atoms with Crippen molar-refractivity contribution in [2.75, 3.05) is 26.2 Å². The fourth-order valence-corrected chi connectivity index (χ4v) is 9.87. The molecule has 1 N–H and O–H groups in total. The van der Waals surface area contributed by atoms with Crippen molar-refractivity contribution in [3.05, 3.63) is 0 Å². The molecule has 0 aliphatic rings. The van der Waals surface area contributed by atoms with Gasteiger partial charge in [0, 0.05) is 36.5 Å². The van der Waals surface area contributed by atoms with Gasteiger partial charge in [0.25, 0.3) is 0 Å². The van der Waals surface area contributed by atoms with Crippen LogP contribution < -0.4 is 0 Å². The Morgan fingerprint density at radius 2 is 0.679 bits per heavy atom. The summed E-state index contributed by atoms with van der Waals surface area (Å²) in [6, 6.07) is 0. The molecule has 0 aliphatic carbocycles. The summed E-state index contributed by atoms with van der Waals surface area (Å²) in [6.07, 6.45) is 42.6. The van der Waals surface area contributed by atoms with Crippen LogP contribution in [0.3, 0.4) is 0 Å². The smallest absolute Gasteiger partial charge is 0.189 e. The van der Waals surface area contributed by atoms with E-state index in [1.54, 1.807) is 23.5 Å². The first-order valence-corrected chi connectivity index (χ1v) is 25.5. The highest BCUT2D eigenvalue weighted by Gasteiger charge is 2.16. The van der Waals surface area contributed by atoms with Crippen molar-refractivity contribution in [1.82, 2.24) is 4.90 Å². The summed E-state index contributed by atoms with van der Waals surface area (Å²) < 4.78 is 0. The number of unbranched alkanes of at least 4 members (excludes halogenated alkanes) is 22. The lowest BCUT2D eigenvalue weighted by atomic mass is 10.0. The molecule has 0 saturated heterocycles. The molecule has 0 heterocycles. The number of hydrogen-bond donors (Lipinski definition) is 1. The Bertz CT molecular complexity index is 708. The van der Waals surface area contributed by atoms with Crippen LogP contribution in [0.15, 0.2) is 0 Å². The van der Waals surface area contributed by atoms with Crippen molar-refractivity contribution < 1.29 is 14.7 Å². The first kappa shape index (κ1) is 53.0. The van der Waals surface area contributed by atoms with E-state index in [2.05, 4.69) is 32.6 Å². The topological polar surface area (TPSA) is 57.6 Å². The van der Waals surface area contributed by atoms with E-state index in [1.165, 1.54) is 180 Å². The molecule has 4 nitrogen and oxygen atoms in total. The van der Waals surface area contributed by atoms with Crippen LogP contribution in [0.25, 0.3) is 0 Å². The van der Waals surface area contributed by atoms with Gasteiger partial charge in [0.05, 0.1) is 0 Å². The van der Waals surface area contributed by atoms with Crippen LogP contribution in [0, 0.1) is 0 Å². The minimum atomic E-state index is 0.257. The Morgan fingerprint density at radius 3 is 1.04 bits per heavy atom. The summed E-state index contributed by atoms with van der Waals surface area (Å²) in [5.74, 6) is 0. The van der Waals surface area contributed by atoms with Crippen LogP contribution in [0.2, 0.25) is 0 Å². The van der Waals surface area contributed by atoms with Crippen molar-refractivity contribution in [3.63, 3.8) is 0 Å². The molecule has 0 aromatic rings. The molecule has 0 aromatic carbocycles. The highest BCUT2D eigenvalue weighted by Crippen LogP contribution is 2.28. The van der Waals surface area contributed by atoms with E-state index in [0.717, 1.165) is 64.6 Å². The third kappa shape index (κ3) is 38.6. The Kier molecular flexibility index (Phi) is 43.1. The molecule has 0 fully saturated rings. The molecule has 2 atom stereocenters. The summed E-state index contributed by atoms with van der Waals surface area (Å²) in [6.45, 7) is 12.5. The fraction of sp³-hybridized carbons (Fsp3) is 0.957. The molecular formula is C47H93NO3S2. The number of aliphatic hydroxyl groups excluding tert-OH is 1. The minimum absolute atomic E-state index is 0.257. The molecule has 316 valence electrons. The normalized spacial score (nSPS) is 12.9. The third-order valence-electron chi connectivity index (χ3n) is 11.0. The van der Waals surface area contributed by atoms with Gasteiger partial charge >= 0.3 is 0 Å². The van der Waals surface area contributed by atoms with Gasteiger partial charge in [-0.25, -0.2) is 0 Å². The van der Waals surface area contributed by atoms with E-state index in [0.29, 0.717) is 20.7 Å². The summed E-state index contributed by atoms with van der Waals surface area (Å²) in [5, 5.41) is 11.4. The Labute approximate surface area is 341 Å². The third-order valence-corrected chi connectivity index (χ3v) is 13.5. The highest BCUT2D eigenvalue weighted by molar-refractivity contribution is 8.14. The van der Waals surface area contributed by atoms with Crippen LogP contribution in [0.1, 0.15) is 252 Å². The van der Waals surface area contributed by atoms with Gasteiger partial charge < -0.3 is 10.0 Å². The number of nitrogens with zero attached hydrogens (tertiary/aromatic N) is 1. The second-order valence-electron chi connectivity index (χ2n) is 16.3. The van der Waals surface area contributed by atoms with E-state index in [-0.39, 0.29) is 6.61 Å². The number of thioether (sulfide) groups is 2. The molecule has 0 amide bonds. The quantitative estimate of drug-likeness (QED) is 0.0622. The van der Waals surface area contributed by atoms with Crippen LogP contribution in [0.4, 0.5) is 0 Å². The lowest BCUT2D eigenvalue weighted by Crippen LogP contribution is -2.27. The van der Waals surface area contributed by atoms with Crippen LogP contribution in [0.5, 0.6) is 0 Å². The molecule has 0 aliphatic heterocycles. The van der Waals surface area contributed by atoms with Gasteiger partial charge in [0.1, 0.15) is 0 Å². The Hall–Kier alpha value is -0.0400. The Morgan fingerprint density at radius 1 is 0.396 bits per heavy atom. The summed E-state index contributed by atoms with van der Waals surface area (Å²) in [7, 11) is 0. The van der Waals surface area contributed by atoms with Crippen molar-refractivity contribution >= 4 is 33.8 Å². The number of rotatable bonds is 43. The number of hydrogen-bond acceptors (Lipinski definition) is 6. The molecule has 2 unspecified atom stereocenters. The minimum Gasteiger partial charge on any atom is -0.396 e. The summed E-state index contributed by atoms with van der Waals surface area (Å²) in [5.41, 5.74) is 0. The maximum atomic E-state index is 12.9. The maximum Gasteiger partial charge on any atom is 0.189 e. The maximum absolute atomic E-state index is 12.9. The second-order valence-corrected chi connectivity index (χ2v) is 19.0. The first-order valence-electron chi connectivity index (χ1n) is 23.7. The van der Waals surface area contributed by atoms with E-state index < -0.39 is 0 Å². The zero-order valence-electron chi connectivity index (χ0n) is 36.3. The van der Waals surface area contributed by atoms with Crippen molar-refractivity contribution in [1.29, 1.82) is 0 Å². The average Bonchev–Trinajstić information content (AvgIpc) is 3.15. The number of aliphatic hydroxyl groups is 1. The van der Waals surface area contributed by atoms with Crippen LogP contribution in [-0.4, -0.2) is 57.0 Å². The molecule has 53 heavy (non-hydrogen) atoms. The lowest BCUT2D eigenvalue weighted by Gasteiger charge is -2.22. The monoisotopic (exact) mass is 784 g/mol. The van der Waals surface area contributed by atoms with Gasteiger partial charge in [-0.3, -0.25) is 9.59 Å². The SMILES string of the molecule is CCCCCCCCC(CCCCCC)SC(=O)CCCCCCN(CCCO)CCCCCCC(=O)SC(CCCCCC)CCCCCCCC.